The van der Waals surface area contributed by atoms with E-state index in [9.17, 15) is 0 Å². The van der Waals surface area contributed by atoms with Gasteiger partial charge in [-0.2, -0.15) is 0 Å². The average Bonchev–Trinajstić information content (AvgIpc) is 2.92. The molecule has 0 nitrogen and oxygen atoms in total. The summed E-state index contributed by atoms with van der Waals surface area (Å²) in [5.41, 5.74) is 0. The molecule has 19 heavy (non-hydrogen) atoms. The number of fused-ring (bicyclic) bond motifs is 3. The molecule has 4 rings (SSSR count). The van der Waals surface area contributed by atoms with Crippen molar-refractivity contribution in [1.29, 1.82) is 0 Å². The fraction of sp³-hybridized carbons (Fsp3) is 0. The third-order valence-corrected chi connectivity index (χ3v) is 5.55. The third-order valence-electron chi connectivity index (χ3n) is 3.54. The molecule has 0 spiro atoms. The molecule has 1 aromatic heterocycles. The first kappa shape index (κ1) is 10.8. The van der Waals surface area contributed by atoms with E-state index in [1.54, 1.807) is 0 Å². The van der Waals surface area contributed by atoms with E-state index in [4.69, 9.17) is 0 Å². The van der Waals surface area contributed by atoms with Crippen LogP contribution in [0.5, 0.6) is 0 Å². The van der Waals surface area contributed by atoms with E-state index in [1.807, 2.05) is 0 Å². The molecule has 0 fully saturated rings. The number of hydrogen-bond acceptors (Lipinski definition) is 0. The third kappa shape index (κ3) is 1.66. The van der Waals surface area contributed by atoms with Gasteiger partial charge in [0.25, 0.3) is 0 Å². The number of hydrogen-bond donors (Lipinski definition) is 0. The maximum Gasteiger partial charge on any atom is 0.187 e. The maximum absolute atomic E-state index is 2.34. The molecule has 0 radical (unpaired) electrons. The molecule has 90 valence electrons. The van der Waals surface area contributed by atoms with Crippen LogP contribution in [0.25, 0.3) is 25.8 Å². The monoisotopic (exact) mass is 261 g/mol. The largest absolute Gasteiger partial charge is 0.187 e. The lowest BCUT2D eigenvalue weighted by Gasteiger charge is -1.97. The van der Waals surface area contributed by atoms with E-state index in [0.29, 0.717) is 0 Å². The quantitative estimate of drug-likeness (QED) is 0.384. The van der Waals surface area contributed by atoms with Crippen LogP contribution in [0.2, 0.25) is 0 Å². The van der Waals surface area contributed by atoms with Crippen molar-refractivity contribution in [2.45, 2.75) is 0 Å². The number of benzene rings is 3. The first-order chi connectivity index (χ1) is 9.43. The summed E-state index contributed by atoms with van der Waals surface area (Å²) in [6.07, 6.45) is 0. The van der Waals surface area contributed by atoms with Crippen molar-refractivity contribution in [1.82, 2.24) is 0 Å². The van der Waals surface area contributed by atoms with E-state index in [2.05, 4.69) is 78.2 Å². The van der Waals surface area contributed by atoms with Gasteiger partial charge in [0, 0.05) is 21.9 Å². The average molecular weight is 261 g/mol. The van der Waals surface area contributed by atoms with Gasteiger partial charge in [-0.25, -0.2) is 0 Å². The fourth-order valence-corrected chi connectivity index (χ4v) is 4.53. The molecule has 4 aromatic rings. The van der Waals surface area contributed by atoms with Crippen molar-refractivity contribution in [2.24, 2.45) is 0 Å². The predicted molar refractivity (Wildman–Crippen MR) is 85.3 cm³/mol. The van der Waals surface area contributed by atoms with E-state index in [0.717, 1.165) is 0 Å². The molecular weight excluding hydrogens is 248 g/mol. The molecular formula is C18H13S+. The molecule has 1 heteroatoms. The molecule has 0 amide bonds. The fourth-order valence-electron chi connectivity index (χ4n) is 2.62. The Morgan fingerprint density at radius 1 is 0.579 bits per heavy atom. The minimum absolute atomic E-state index is 0.0978. The molecule has 0 N–H and O–H groups in total. The first-order valence-corrected chi connectivity index (χ1v) is 7.70. The standard InChI is InChI=1S/C18H13S/c1-2-7-15(8-3-1)19-13-12-17-16-9-5-4-6-14(16)10-11-18(17)19/h1-13H/q+1. The Morgan fingerprint density at radius 2 is 1.37 bits per heavy atom. The summed E-state index contributed by atoms with van der Waals surface area (Å²) in [6, 6.07) is 26.2. The zero-order valence-corrected chi connectivity index (χ0v) is 11.2. The lowest BCUT2D eigenvalue weighted by molar-refractivity contribution is 1.76. The lowest BCUT2D eigenvalue weighted by atomic mass is 10.1. The van der Waals surface area contributed by atoms with E-state index in [-0.39, 0.29) is 10.5 Å². The van der Waals surface area contributed by atoms with Gasteiger partial charge in [0.15, 0.2) is 9.60 Å². The SMILES string of the molecule is c1ccc(-[s+]2ccc3c4ccccc4ccc32)cc1. The Morgan fingerprint density at radius 3 is 2.26 bits per heavy atom. The molecule has 0 aliphatic carbocycles. The minimum Gasteiger partial charge on any atom is -0.0619 e. The van der Waals surface area contributed by atoms with Crippen LogP contribution in [-0.2, 0) is 0 Å². The van der Waals surface area contributed by atoms with Crippen molar-refractivity contribution in [3.8, 4) is 4.90 Å². The van der Waals surface area contributed by atoms with Gasteiger partial charge in [0.2, 0.25) is 0 Å². The first-order valence-electron chi connectivity index (χ1n) is 6.41. The molecule has 1 atom stereocenters. The van der Waals surface area contributed by atoms with Gasteiger partial charge in [-0.3, -0.25) is 0 Å². The second kappa shape index (κ2) is 4.22. The molecule has 1 unspecified atom stereocenters. The number of rotatable bonds is 1. The van der Waals surface area contributed by atoms with Crippen LogP contribution in [-0.4, -0.2) is 0 Å². The topological polar surface area (TPSA) is 0 Å². The molecule has 3 aromatic carbocycles. The Bertz CT molecular complexity index is 857. The highest BCUT2D eigenvalue weighted by atomic mass is 32.2. The molecule has 1 heterocycles. The van der Waals surface area contributed by atoms with Crippen LogP contribution < -0.4 is 0 Å². The predicted octanol–water partition coefficient (Wildman–Crippen LogP) is 5.73. The van der Waals surface area contributed by atoms with E-state index < -0.39 is 0 Å². The molecule has 0 bridgehead atoms. The van der Waals surface area contributed by atoms with Gasteiger partial charge >= 0.3 is 0 Å². The van der Waals surface area contributed by atoms with Crippen LogP contribution in [0.4, 0.5) is 0 Å². The normalized spacial score (nSPS) is 12.1. The van der Waals surface area contributed by atoms with E-state index in [1.165, 1.54) is 25.8 Å². The Balaban J connectivity index is 2.08. The summed E-state index contributed by atoms with van der Waals surface area (Å²) < 4.78 is 1.45. The van der Waals surface area contributed by atoms with Crippen LogP contribution in [0, 0.1) is 0 Å². The number of thiophene rings is 1. The highest BCUT2D eigenvalue weighted by Gasteiger charge is 2.16. The minimum atomic E-state index is 0.0978. The van der Waals surface area contributed by atoms with Crippen LogP contribution in [0.1, 0.15) is 0 Å². The highest BCUT2D eigenvalue weighted by molar-refractivity contribution is 7.43. The summed E-state index contributed by atoms with van der Waals surface area (Å²) in [5, 5.41) is 6.42. The summed E-state index contributed by atoms with van der Waals surface area (Å²) in [6.45, 7) is 0. The van der Waals surface area contributed by atoms with Crippen LogP contribution >= 0.6 is 10.5 Å². The van der Waals surface area contributed by atoms with Gasteiger partial charge in [0.1, 0.15) is 5.38 Å². The van der Waals surface area contributed by atoms with Crippen molar-refractivity contribution in [3.05, 3.63) is 78.2 Å². The van der Waals surface area contributed by atoms with Gasteiger partial charge in [-0.15, -0.1) is 0 Å². The Kier molecular flexibility index (Phi) is 2.39. The van der Waals surface area contributed by atoms with Gasteiger partial charge < -0.3 is 0 Å². The Labute approximate surface area is 114 Å². The van der Waals surface area contributed by atoms with Gasteiger partial charge in [-0.05, 0) is 35.0 Å². The molecule has 0 aliphatic rings. The van der Waals surface area contributed by atoms with Gasteiger partial charge in [0.05, 0.1) is 0 Å². The molecule has 0 saturated heterocycles. The maximum atomic E-state index is 2.34. The Hall–Kier alpha value is -2.12. The second-order valence-electron chi connectivity index (χ2n) is 4.65. The van der Waals surface area contributed by atoms with Crippen molar-refractivity contribution < 1.29 is 0 Å². The van der Waals surface area contributed by atoms with E-state index >= 15 is 0 Å². The summed E-state index contributed by atoms with van der Waals surface area (Å²) in [7, 11) is 0.0978. The zero-order valence-electron chi connectivity index (χ0n) is 10.4. The van der Waals surface area contributed by atoms with Crippen molar-refractivity contribution in [2.75, 3.05) is 0 Å². The highest BCUT2D eigenvalue weighted by Crippen LogP contribution is 2.41. The van der Waals surface area contributed by atoms with Gasteiger partial charge in [-0.1, -0.05) is 42.5 Å². The summed E-state index contributed by atoms with van der Waals surface area (Å²) in [4.78, 5) is 1.40. The van der Waals surface area contributed by atoms with Crippen molar-refractivity contribution in [3.63, 3.8) is 0 Å². The zero-order chi connectivity index (χ0) is 12.7. The van der Waals surface area contributed by atoms with Crippen LogP contribution in [0.15, 0.2) is 78.2 Å². The van der Waals surface area contributed by atoms with Crippen LogP contribution in [0.3, 0.4) is 0 Å². The smallest absolute Gasteiger partial charge is 0.0619 e. The second-order valence-corrected chi connectivity index (χ2v) is 6.51. The summed E-state index contributed by atoms with van der Waals surface area (Å²) in [5.74, 6) is 0. The summed E-state index contributed by atoms with van der Waals surface area (Å²) >= 11 is 0. The van der Waals surface area contributed by atoms with Crippen molar-refractivity contribution >= 4 is 31.3 Å². The lowest BCUT2D eigenvalue weighted by Crippen LogP contribution is -1.73. The molecule has 0 aliphatic heterocycles. The molecule has 0 saturated carbocycles.